The second-order valence-electron chi connectivity index (χ2n) is 7.84. The van der Waals surface area contributed by atoms with Gasteiger partial charge in [-0.3, -0.25) is 4.79 Å². The van der Waals surface area contributed by atoms with E-state index < -0.39 is 4.92 Å². The summed E-state index contributed by atoms with van der Waals surface area (Å²) in [4.78, 5) is 24.8. The summed E-state index contributed by atoms with van der Waals surface area (Å²) in [6.07, 6.45) is 2.84. The second kappa shape index (κ2) is 8.32. The molecular weight excluding hydrogens is 414 g/mol. The van der Waals surface area contributed by atoms with E-state index in [1.165, 1.54) is 27.0 Å². The van der Waals surface area contributed by atoms with Crippen LogP contribution in [0.3, 0.4) is 0 Å². The fraction of sp³-hybridized carbons (Fsp3) is 0.318. The predicted octanol–water partition coefficient (Wildman–Crippen LogP) is 4.46. The molecule has 8 nitrogen and oxygen atoms in total. The molecule has 3 aromatic rings. The average molecular weight is 436 g/mol. The van der Waals surface area contributed by atoms with Gasteiger partial charge in [-0.2, -0.15) is 9.94 Å². The number of aromatic nitrogens is 2. The molecule has 2 heterocycles. The SMILES string of the molecule is Cc1cc([N+](=O)[O-])nn1Cc1ccccc1C(=O)Nc1sc2c(c1C#N)CC[C@H](C)C2. The number of hydrogen-bond donors (Lipinski definition) is 1. The van der Waals surface area contributed by atoms with Gasteiger partial charge in [0.15, 0.2) is 0 Å². The van der Waals surface area contributed by atoms with Gasteiger partial charge in [0.2, 0.25) is 0 Å². The van der Waals surface area contributed by atoms with Crippen molar-refractivity contribution >= 4 is 28.1 Å². The zero-order valence-electron chi connectivity index (χ0n) is 17.2. The molecule has 0 bridgehead atoms. The van der Waals surface area contributed by atoms with Gasteiger partial charge in [0.25, 0.3) is 5.91 Å². The summed E-state index contributed by atoms with van der Waals surface area (Å²) in [7, 11) is 0. The van der Waals surface area contributed by atoms with Gasteiger partial charge in [0.1, 0.15) is 11.1 Å². The van der Waals surface area contributed by atoms with Crippen LogP contribution < -0.4 is 5.32 Å². The van der Waals surface area contributed by atoms with E-state index >= 15 is 0 Å². The fourth-order valence-corrected chi connectivity index (χ4v) is 5.27. The topological polar surface area (TPSA) is 114 Å². The maximum Gasteiger partial charge on any atom is 0.390 e. The van der Waals surface area contributed by atoms with E-state index in [1.807, 2.05) is 6.07 Å². The van der Waals surface area contributed by atoms with Crippen LogP contribution in [-0.2, 0) is 19.4 Å². The van der Waals surface area contributed by atoms with Crippen molar-refractivity contribution in [2.45, 2.75) is 39.7 Å². The summed E-state index contributed by atoms with van der Waals surface area (Å²) in [5, 5.41) is 28.2. The van der Waals surface area contributed by atoms with Crippen LogP contribution in [0.25, 0.3) is 0 Å². The number of nitro groups is 1. The average Bonchev–Trinajstić information content (AvgIpc) is 3.27. The van der Waals surface area contributed by atoms with Crippen LogP contribution in [0.1, 0.15) is 51.0 Å². The largest absolute Gasteiger partial charge is 0.390 e. The van der Waals surface area contributed by atoms with Gasteiger partial charge in [0.05, 0.1) is 29.0 Å². The lowest BCUT2D eigenvalue weighted by atomic mass is 9.88. The molecule has 1 aromatic carbocycles. The molecule has 1 aliphatic rings. The van der Waals surface area contributed by atoms with Crippen LogP contribution in [0.4, 0.5) is 10.8 Å². The van der Waals surface area contributed by atoms with Crippen LogP contribution in [0, 0.1) is 34.3 Å². The highest BCUT2D eigenvalue weighted by atomic mass is 32.1. The van der Waals surface area contributed by atoms with Gasteiger partial charge in [-0.1, -0.05) is 25.1 Å². The molecule has 2 aromatic heterocycles. The Bertz CT molecular complexity index is 1220. The summed E-state index contributed by atoms with van der Waals surface area (Å²) < 4.78 is 1.51. The van der Waals surface area contributed by atoms with Crippen molar-refractivity contribution in [2.75, 3.05) is 5.32 Å². The lowest BCUT2D eigenvalue weighted by molar-refractivity contribution is -0.389. The van der Waals surface area contributed by atoms with Crippen molar-refractivity contribution in [1.82, 2.24) is 9.78 Å². The molecule has 1 amide bonds. The molecule has 31 heavy (non-hydrogen) atoms. The smallest absolute Gasteiger partial charge is 0.358 e. The molecule has 0 saturated carbocycles. The lowest BCUT2D eigenvalue weighted by Crippen LogP contribution is -2.16. The third-order valence-electron chi connectivity index (χ3n) is 5.59. The molecule has 1 N–H and O–H groups in total. The van der Waals surface area contributed by atoms with E-state index in [0.29, 0.717) is 33.3 Å². The Balaban J connectivity index is 1.61. The molecule has 0 aliphatic heterocycles. The Hall–Kier alpha value is -3.51. The molecule has 0 spiro atoms. The molecule has 0 unspecified atom stereocenters. The van der Waals surface area contributed by atoms with E-state index in [1.54, 1.807) is 25.1 Å². The first kappa shape index (κ1) is 20.8. The van der Waals surface area contributed by atoms with Crippen LogP contribution in [0.2, 0.25) is 0 Å². The number of amides is 1. The number of nitriles is 1. The van der Waals surface area contributed by atoms with Crippen molar-refractivity contribution in [3.05, 3.63) is 73.3 Å². The Kier molecular flexibility index (Phi) is 5.57. The van der Waals surface area contributed by atoms with Crippen LogP contribution in [0.5, 0.6) is 0 Å². The quantitative estimate of drug-likeness (QED) is 0.469. The van der Waals surface area contributed by atoms with E-state index in [-0.39, 0.29) is 18.3 Å². The third-order valence-corrected chi connectivity index (χ3v) is 6.76. The number of fused-ring (bicyclic) bond motifs is 1. The van der Waals surface area contributed by atoms with Gasteiger partial charge >= 0.3 is 5.82 Å². The first-order valence-corrected chi connectivity index (χ1v) is 10.8. The molecule has 158 valence electrons. The standard InChI is InChI=1S/C22H21N5O3S/c1-13-7-8-17-18(11-23)22(31-19(17)9-13)24-21(28)16-6-4-3-5-15(16)12-26-14(2)10-20(25-26)27(29)30/h3-6,10,13H,7-9,12H2,1-2H3,(H,24,28)/t13-/m0/s1. The molecule has 0 saturated heterocycles. The number of benzene rings is 1. The van der Waals surface area contributed by atoms with Crippen molar-refractivity contribution in [2.24, 2.45) is 5.92 Å². The highest BCUT2D eigenvalue weighted by Gasteiger charge is 2.25. The summed E-state index contributed by atoms with van der Waals surface area (Å²) >= 11 is 1.49. The third kappa shape index (κ3) is 4.07. The number of nitrogens with one attached hydrogen (secondary N) is 1. The molecule has 0 radical (unpaired) electrons. The molecule has 9 heteroatoms. The number of nitrogens with zero attached hydrogens (tertiary/aromatic N) is 4. The Morgan fingerprint density at radius 3 is 2.94 bits per heavy atom. The highest BCUT2D eigenvalue weighted by Crippen LogP contribution is 2.39. The summed E-state index contributed by atoms with van der Waals surface area (Å²) in [5.41, 5.74) is 3.40. The van der Waals surface area contributed by atoms with Crippen molar-refractivity contribution < 1.29 is 9.72 Å². The highest BCUT2D eigenvalue weighted by molar-refractivity contribution is 7.16. The van der Waals surface area contributed by atoms with Crippen LogP contribution in [0.15, 0.2) is 30.3 Å². The number of thiophene rings is 1. The zero-order valence-corrected chi connectivity index (χ0v) is 18.0. The maximum absolute atomic E-state index is 13.1. The fourth-order valence-electron chi connectivity index (χ4n) is 3.91. The molecule has 4 rings (SSSR count). The Morgan fingerprint density at radius 2 is 2.23 bits per heavy atom. The van der Waals surface area contributed by atoms with Gasteiger partial charge in [-0.05, 0) is 54.2 Å². The summed E-state index contributed by atoms with van der Waals surface area (Å²) in [6, 6.07) is 10.8. The van der Waals surface area contributed by atoms with Gasteiger partial charge in [-0.25, -0.2) is 0 Å². The minimum atomic E-state index is -0.537. The van der Waals surface area contributed by atoms with Gasteiger partial charge in [0, 0.05) is 10.4 Å². The summed E-state index contributed by atoms with van der Waals surface area (Å²) in [5.74, 6) is 0.0397. The molecule has 0 fully saturated rings. The number of aryl methyl sites for hydroxylation is 1. The minimum Gasteiger partial charge on any atom is -0.358 e. The van der Waals surface area contributed by atoms with Crippen LogP contribution >= 0.6 is 11.3 Å². The number of carbonyl (C=O) groups excluding carboxylic acids is 1. The Morgan fingerprint density at radius 1 is 1.45 bits per heavy atom. The van der Waals surface area contributed by atoms with Gasteiger partial charge < -0.3 is 15.4 Å². The van der Waals surface area contributed by atoms with Crippen molar-refractivity contribution in [3.63, 3.8) is 0 Å². The minimum absolute atomic E-state index is 0.225. The van der Waals surface area contributed by atoms with Crippen LogP contribution in [-0.4, -0.2) is 20.6 Å². The first-order valence-electron chi connectivity index (χ1n) is 10.00. The monoisotopic (exact) mass is 435 g/mol. The molecular formula is C22H21N5O3S. The molecule has 1 atom stereocenters. The second-order valence-corrected chi connectivity index (χ2v) is 8.94. The van der Waals surface area contributed by atoms with E-state index in [4.69, 9.17) is 0 Å². The Labute approximate surface area is 183 Å². The lowest BCUT2D eigenvalue weighted by Gasteiger charge is -2.17. The number of hydrogen-bond acceptors (Lipinski definition) is 6. The summed E-state index contributed by atoms with van der Waals surface area (Å²) in [6.45, 7) is 4.16. The van der Waals surface area contributed by atoms with E-state index in [2.05, 4.69) is 23.4 Å². The number of carbonyl (C=O) groups is 1. The van der Waals surface area contributed by atoms with Crippen molar-refractivity contribution in [3.8, 4) is 6.07 Å². The molecule has 1 aliphatic carbocycles. The predicted molar refractivity (Wildman–Crippen MR) is 117 cm³/mol. The van der Waals surface area contributed by atoms with E-state index in [0.717, 1.165) is 24.8 Å². The van der Waals surface area contributed by atoms with Gasteiger partial charge in [-0.15, -0.1) is 11.3 Å². The normalized spacial score (nSPS) is 15.2. The van der Waals surface area contributed by atoms with E-state index in [9.17, 15) is 20.2 Å². The van der Waals surface area contributed by atoms with Crippen molar-refractivity contribution in [1.29, 1.82) is 5.26 Å². The first-order chi connectivity index (χ1) is 14.9. The number of rotatable bonds is 5. The maximum atomic E-state index is 13.1. The zero-order chi connectivity index (χ0) is 22.1. The number of anilines is 1.